The highest BCUT2D eigenvalue weighted by Gasteiger charge is 2.31. The standard InChI is InChI=1S/C19H19N3O3S/c23-17(9-10-20-18(24)15-7-4-12-25-15)22-11-3-6-14(22)19-21-13-5-1-2-8-16(13)26-19/h1-2,4-5,7-8,12,14H,3,6,9-11H2,(H,20,24). The first-order valence-electron chi connectivity index (χ1n) is 8.69. The van der Waals surface area contributed by atoms with Crippen LogP contribution in [0.15, 0.2) is 47.1 Å². The number of thiazole rings is 1. The van der Waals surface area contributed by atoms with Crippen molar-refractivity contribution in [1.82, 2.24) is 15.2 Å². The fraction of sp³-hybridized carbons (Fsp3) is 0.316. The number of hydrogen-bond donors (Lipinski definition) is 1. The van der Waals surface area contributed by atoms with Crippen LogP contribution in [0.5, 0.6) is 0 Å². The van der Waals surface area contributed by atoms with Gasteiger partial charge in [-0.1, -0.05) is 12.1 Å². The van der Waals surface area contributed by atoms with Crippen LogP contribution in [0.3, 0.4) is 0 Å². The van der Waals surface area contributed by atoms with E-state index < -0.39 is 0 Å². The van der Waals surface area contributed by atoms with E-state index >= 15 is 0 Å². The number of para-hydroxylation sites is 1. The number of furan rings is 1. The molecule has 2 amide bonds. The van der Waals surface area contributed by atoms with Crippen molar-refractivity contribution in [3.05, 3.63) is 53.4 Å². The molecular weight excluding hydrogens is 350 g/mol. The van der Waals surface area contributed by atoms with E-state index in [0.717, 1.165) is 34.6 Å². The van der Waals surface area contributed by atoms with Gasteiger partial charge in [0.2, 0.25) is 5.91 Å². The molecule has 134 valence electrons. The summed E-state index contributed by atoms with van der Waals surface area (Å²) in [7, 11) is 0. The van der Waals surface area contributed by atoms with Crippen LogP contribution in [-0.4, -0.2) is 34.8 Å². The van der Waals surface area contributed by atoms with E-state index in [4.69, 9.17) is 9.40 Å². The number of amides is 2. The Morgan fingerprint density at radius 3 is 2.96 bits per heavy atom. The molecule has 0 aliphatic carbocycles. The van der Waals surface area contributed by atoms with E-state index in [1.807, 2.05) is 23.1 Å². The lowest BCUT2D eigenvalue weighted by atomic mass is 10.2. The van der Waals surface area contributed by atoms with Gasteiger partial charge in [-0.15, -0.1) is 11.3 Å². The zero-order valence-electron chi connectivity index (χ0n) is 14.2. The average Bonchev–Trinajstić information content (AvgIpc) is 3.40. The fourth-order valence-corrected chi connectivity index (χ4v) is 4.39. The second kappa shape index (κ2) is 7.29. The van der Waals surface area contributed by atoms with Crippen LogP contribution in [0.2, 0.25) is 0 Å². The molecular formula is C19H19N3O3S. The Balaban J connectivity index is 1.38. The molecule has 26 heavy (non-hydrogen) atoms. The Morgan fingerprint density at radius 2 is 2.15 bits per heavy atom. The number of likely N-dealkylation sites (tertiary alicyclic amines) is 1. The van der Waals surface area contributed by atoms with Crippen LogP contribution < -0.4 is 5.32 Å². The number of rotatable bonds is 5. The third-order valence-electron chi connectivity index (χ3n) is 4.54. The van der Waals surface area contributed by atoms with Crippen molar-refractivity contribution in [1.29, 1.82) is 0 Å². The van der Waals surface area contributed by atoms with Gasteiger partial charge in [0.1, 0.15) is 5.01 Å². The minimum Gasteiger partial charge on any atom is -0.459 e. The molecule has 2 aromatic heterocycles. The lowest BCUT2D eigenvalue weighted by molar-refractivity contribution is -0.132. The first-order valence-corrected chi connectivity index (χ1v) is 9.50. The lowest BCUT2D eigenvalue weighted by Gasteiger charge is -2.23. The van der Waals surface area contributed by atoms with Crippen molar-refractivity contribution in [3.8, 4) is 0 Å². The van der Waals surface area contributed by atoms with E-state index in [1.54, 1.807) is 23.5 Å². The molecule has 4 rings (SSSR count). The molecule has 0 saturated carbocycles. The molecule has 1 aliphatic heterocycles. The summed E-state index contributed by atoms with van der Waals surface area (Å²) in [6.45, 7) is 1.03. The van der Waals surface area contributed by atoms with Crippen molar-refractivity contribution in [2.75, 3.05) is 13.1 Å². The Labute approximate surface area is 154 Å². The monoisotopic (exact) mass is 369 g/mol. The van der Waals surface area contributed by atoms with Gasteiger partial charge in [0.25, 0.3) is 5.91 Å². The maximum atomic E-state index is 12.6. The Bertz CT molecular complexity index is 886. The molecule has 0 radical (unpaired) electrons. The second-order valence-electron chi connectivity index (χ2n) is 6.25. The molecule has 1 atom stereocenters. The van der Waals surface area contributed by atoms with Crippen molar-refractivity contribution in [3.63, 3.8) is 0 Å². The number of nitrogens with zero attached hydrogens (tertiary/aromatic N) is 2. The van der Waals surface area contributed by atoms with Gasteiger partial charge in [0.15, 0.2) is 5.76 Å². The number of hydrogen-bond acceptors (Lipinski definition) is 5. The number of carbonyl (C=O) groups is 2. The summed E-state index contributed by atoms with van der Waals surface area (Å²) < 4.78 is 6.19. The molecule has 1 unspecified atom stereocenters. The third-order valence-corrected chi connectivity index (χ3v) is 5.68. The normalized spacial score (nSPS) is 16.9. The van der Waals surface area contributed by atoms with E-state index in [-0.39, 0.29) is 30.0 Å². The predicted molar refractivity (Wildman–Crippen MR) is 99.0 cm³/mol. The number of carbonyl (C=O) groups excluding carboxylic acids is 2. The molecule has 1 aliphatic rings. The highest BCUT2D eigenvalue weighted by Crippen LogP contribution is 2.36. The largest absolute Gasteiger partial charge is 0.459 e. The third kappa shape index (κ3) is 3.35. The van der Waals surface area contributed by atoms with Crippen LogP contribution in [-0.2, 0) is 4.79 Å². The van der Waals surface area contributed by atoms with Gasteiger partial charge in [-0.2, -0.15) is 0 Å². The molecule has 1 saturated heterocycles. The van der Waals surface area contributed by atoms with E-state index in [9.17, 15) is 9.59 Å². The maximum absolute atomic E-state index is 12.6. The highest BCUT2D eigenvalue weighted by molar-refractivity contribution is 7.18. The lowest BCUT2D eigenvalue weighted by Crippen LogP contribution is -2.34. The summed E-state index contributed by atoms with van der Waals surface area (Å²) in [5.41, 5.74) is 0.984. The van der Waals surface area contributed by atoms with Gasteiger partial charge in [-0.3, -0.25) is 9.59 Å². The molecule has 3 aromatic rings. The minimum absolute atomic E-state index is 0.0423. The van der Waals surface area contributed by atoms with E-state index in [1.165, 1.54) is 6.26 Å². The van der Waals surface area contributed by atoms with Crippen LogP contribution in [0.1, 0.15) is 40.9 Å². The van der Waals surface area contributed by atoms with Gasteiger partial charge < -0.3 is 14.6 Å². The molecule has 1 aromatic carbocycles. The molecule has 0 bridgehead atoms. The maximum Gasteiger partial charge on any atom is 0.286 e. The predicted octanol–water partition coefficient (Wildman–Crippen LogP) is 3.37. The number of benzene rings is 1. The van der Waals surface area contributed by atoms with Crippen LogP contribution in [0.25, 0.3) is 10.2 Å². The summed E-state index contributed by atoms with van der Waals surface area (Å²) in [4.78, 5) is 31.1. The second-order valence-corrected chi connectivity index (χ2v) is 7.31. The first-order chi connectivity index (χ1) is 12.7. The van der Waals surface area contributed by atoms with Crippen LogP contribution in [0.4, 0.5) is 0 Å². The van der Waals surface area contributed by atoms with Crippen LogP contribution in [0, 0.1) is 0 Å². The molecule has 1 N–H and O–H groups in total. The van der Waals surface area contributed by atoms with Crippen molar-refractivity contribution in [2.24, 2.45) is 0 Å². The van der Waals surface area contributed by atoms with E-state index in [2.05, 4.69) is 11.4 Å². The summed E-state index contributed by atoms with van der Waals surface area (Å²) >= 11 is 1.66. The summed E-state index contributed by atoms with van der Waals surface area (Å²) in [6.07, 6.45) is 3.64. The van der Waals surface area contributed by atoms with Crippen LogP contribution >= 0.6 is 11.3 Å². The quantitative estimate of drug-likeness (QED) is 0.748. The average molecular weight is 369 g/mol. The number of fused-ring (bicyclic) bond motifs is 1. The van der Waals surface area contributed by atoms with Gasteiger partial charge in [0, 0.05) is 19.5 Å². The SMILES string of the molecule is O=C(NCCC(=O)N1CCCC1c1nc2ccccc2s1)c1ccco1. The summed E-state index contributed by atoms with van der Waals surface area (Å²) in [5, 5.41) is 3.72. The van der Waals surface area contributed by atoms with Crippen molar-refractivity contribution < 1.29 is 14.0 Å². The Hall–Kier alpha value is -2.67. The minimum atomic E-state index is -0.299. The number of nitrogens with one attached hydrogen (secondary N) is 1. The van der Waals surface area contributed by atoms with Gasteiger partial charge >= 0.3 is 0 Å². The van der Waals surface area contributed by atoms with Gasteiger partial charge in [-0.05, 0) is 37.1 Å². The van der Waals surface area contributed by atoms with Gasteiger partial charge in [-0.25, -0.2) is 4.98 Å². The first kappa shape index (κ1) is 16.8. The smallest absolute Gasteiger partial charge is 0.286 e. The topological polar surface area (TPSA) is 75.4 Å². The van der Waals surface area contributed by atoms with Crippen molar-refractivity contribution >= 4 is 33.4 Å². The molecule has 3 heterocycles. The number of aromatic nitrogens is 1. The molecule has 6 nitrogen and oxygen atoms in total. The zero-order valence-corrected chi connectivity index (χ0v) is 15.0. The summed E-state index contributed by atoms with van der Waals surface area (Å²) in [6, 6.07) is 11.3. The van der Waals surface area contributed by atoms with Gasteiger partial charge in [0.05, 0.1) is 22.5 Å². The zero-order chi connectivity index (χ0) is 17.9. The van der Waals surface area contributed by atoms with Crippen molar-refractivity contribution in [2.45, 2.75) is 25.3 Å². The van der Waals surface area contributed by atoms with E-state index in [0.29, 0.717) is 6.54 Å². The fourth-order valence-electron chi connectivity index (χ4n) is 3.28. The molecule has 0 spiro atoms. The summed E-state index contributed by atoms with van der Waals surface area (Å²) in [5.74, 6) is 0.00409. The Kier molecular flexibility index (Phi) is 4.71. The molecule has 7 heteroatoms. The Morgan fingerprint density at radius 1 is 1.27 bits per heavy atom. The highest BCUT2D eigenvalue weighted by atomic mass is 32.1. The molecule has 1 fully saturated rings.